The average Bonchev–Trinajstić information content (AvgIpc) is 3.14. The molecule has 4 heteroatoms. The molecule has 0 aromatic carbocycles. The van der Waals surface area contributed by atoms with Crippen molar-refractivity contribution in [3.8, 4) is 0 Å². The molecule has 0 atom stereocenters. The molecule has 0 unspecified atom stereocenters. The highest BCUT2D eigenvalue weighted by Gasteiger charge is 1.98. The van der Waals surface area contributed by atoms with Crippen LogP contribution in [-0.4, -0.2) is 22.2 Å². The van der Waals surface area contributed by atoms with Crippen molar-refractivity contribution < 1.29 is 19.8 Å². The summed E-state index contributed by atoms with van der Waals surface area (Å²) in [6.07, 6.45) is 65.5. The lowest BCUT2D eigenvalue weighted by Crippen LogP contribution is -1.86. The molecule has 0 aromatic heterocycles. The van der Waals surface area contributed by atoms with Crippen LogP contribution in [0.1, 0.15) is 276 Å². The summed E-state index contributed by atoms with van der Waals surface area (Å²) in [7, 11) is 0. The molecule has 0 aliphatic carbocycles. The van der Waals surface area contributed by atoms with Gasteiger partial charge in [0.1, 0.15) is 0 Å². The van der Waals surface area contributed by atoms with Gasteiger partial charge in [-0.1, -0.05) is 263 Å². The normalized spacial score (nSPS) is 11.8. The van der Waals surface area contributed by atoms with E-state index in [1.54, 1.807) is 12.2 Å². The fraction of sp³-hybridized carbons (Fsp3) is 0.878. The first-order valence-electron chi connectivity index (χ1n) is 23.9. The Bertz CT molecular complexity index is 723. The number of unbranched alkanes of at least 4 members (excludes halogenated alkanes) is 42. The van der Waals surface area contributed by atoms with Crippen molar-refractivity contribution in [1.82, 2.24) is 0 Å². The number of rotatable bonds is 46. The summed E-state index contributed by atoms with van der Waals surface area (Å²) in [4.78, 5) is 20.8. The maximum Gasteiger partial charge on any atom is 0.327 e. The minimum Gasteiger partial charge on any atom is -0.478 e. The molecule has 0 saturated heterocycles. The SMILES string of the molecule is O=C(O)C=CCCCCCCCCCCCCCCCCCCCCCCCCCCCCCCCCCCCCCCCCCCCC=CC(=O)O. The molecule has 0 rings (SSSR count). The van der Waals surface area contributed by atoms with Crippen LogP contribution < -0.4 is 0 Å². The third-order valence-electron chi connectivity index (χ3n) is 11.3. The van der Waals surface area contributed by atoms with Crippen LogP contribution in [0.4, 0.5) is 0 Å². The van der Waals surface area contributed by atoms with Crippen molar-refractivity contribution in [2.24, 2.45) is 0 Å². The molecule has 0 amide bonds. The quantitative estimate of drug-likeness (QED) is 0.0481. The summed E-state index contributed by atoms with van der Waals surface area (Å²) >= 11 is 0. The van der Waals surface area contributed by atoms with E-state index in [9.17, 15) is 9.59 Å². The van der Waals surface area contributed by atoms with Crippen LogP contribution in [0.3, 0.4) is 0 Å². The van der Waals surface area contributed by atoms with Crippen LogP contribution in [0.2, 0.25) is 0 Å². The Morgan fingerprint density at radius 2 is 0.340 bits per heavy atom. The molecule has 0 heterocycles. The van der Waals surface area contributed by atoms with E-state index in [0.717, 1.165) is 25.7 Å². The number of hydrogen-bond acceptors (Lipinski definition) is 2. The van der Waals surface area contributed by atoms with Gasteiger partial charge >= 0.3 is 11.9 Å². The highest BCUT2D eigenvalue weighted by atomic mass is 16.4. The molecule has 0 spiro atoms. The summed E-state index contributed by atoms with van der Waals surface area (Å²) in [6, 6.07) is 0. The Morgan fingerprint density at radius 3 is 0.453 bits per heavy atom. The Kier molecular flexibility index (Phi) is 45.2. The fourth-order valence-corrected chi connectivity index (χ4v) is 7.79. The van der Waals surface area contributed by atoms with E-state index in [1.807, 2.05) is 0 Å². The van der Waals surface area contributed by atoms with Crippen molar-refractivity contribution in [3.63, 3.8) is 0 Å². The second kappa shape index (κ2) is 46.6. The average molecular weight is 745 g/mol. The van der Waals surface area contributed by atoms with Gasteiger partial charge in [0.05, 0.1) is 0 Å². The first-order chi connectivity index (χ1) is 26.1. The van der Waals surface area contributed by atoms with Crippen LogP contribution in [0, 0.1) is 0 Å². The Hall–Kier alpha value is -1.58. The van der Waals surface area contributed by atoms with Crippen LogP contribution in [0.15, 0.2) is 24.3 Å². The molecule has 2 N–H and O–H groups in total. The molecule has 0 bridgehead atoms. The summed E-state index contributed by atoms with van der Waals surface area (Å²) in [5.74, 6) is -1.66. The number of carboxylic acids is 2. The first-order valence-corrected chi connectivity index (χ1v) is 23.9. The molecule has 0 aromatic rings. The summed E-state index contributed by atoms with van der Waals surface area (Å²) < 4.78 is 0. The number of carboxylic acid groups (broad SMARTS) is 2. The topological polar surface area (TPSA) is 74.6 Å². The van der Waals surface area contributed by atoms with E-state index in [4.69, 9.17) is 10.2 Å². The monoisotopic (exact) mass is 745 g/mol. The third-order valence-corrected chi connectivity index (χ3v) is 11.3. The van der Waals surface area contributed by atoms with Gasteiger partial charge in [-0.15, -0.1) is 0 Å². The standard InChI is InChI=1S/C49H92O4/c50-48(51)46-44-42-40-38-36-34-32-30-28-26-24-22-20-18-16-14-12-10-8-6-4-2-1-3-5-7-9-11-13-15-17-19-21-23-25-27-29-31-33-35-37-39-41-43-45-47-49(52)53/h44-47H,1-43H2,(H,50,51)(H,52,53). The van der Waals surface area contributed by atoms with Crippen LogP contribution in [-0.2, 0) is 9.59 Å². The predicted octanol–water partition coefficient (Wildman–Crippen LogP) is 17.0. The van der Waals surface area contributed by atoms with Gasteiger partial charge in [-0.05, 0) is 25.7 Å². The van der Waals surface area contributed by atoms with E-state index < -0.39 is 11.9 Å². The Morgan fingerprint density at radius 1 is 0.226 bits per heavy atom. The lowest BCUT2D eigenvalue weighted by Gasteiger charge is -2.05. The van der Waals surface area contributed by atoms with Gasteiger partial charge in [0, 0.05) is 12.2 Å². The third kappa shape index (κ3) is 50.4. The highest BCUT2D eigenvalue weighted by Crippen LogP contribution is 2.18. The number of hydrogen-bond donors (Lipinski definition) is 2. The smallest absolute Gasteiger partial charge is 0.327 e. The first kappa shape index (κ1) is 51.4. The Balaban J connectivity index is 3.08. The van der Waals surface area contributed by atoms with Gasteiger partial charge in [0.2, 0.25) is 0 Å². The molecule has 4 nitrogen and oxygen atoms in total. The number of carbonyl (C=O) groups is 2. The van der Waals surface area contributed by atoms with Gasteiger partial charge in [-0.2, -0.15) is 0 Å². The lowest BCUT2D eigenvalue weighted by molar-refractivity contribution is -0.132. The fourth-order valence-electron chi connectivity index (χ4n) is 7.79. The van der Waals surface area contributed by atoms with E-state index >= 15 is 0 Å². The molecule has 0 fully saturated rings. The zero-order valence-electron chi connectivity index (χ0n) is 35.4. The van der Waals surface area contributed by atoms with E-state index in [-0.39, 0.29) is 0 Å². The Labute approximate surface area is 331 Å². The zero-order chi connectivity index (χ0) is 38.4. The molecule has 0 radical (unpaired) electrons. The van der Waals surface area contributed by atoms with Gasteiger partial charge in [0.15, 0.2) is 0 Å². The van der Waals surface area contributed by atoms with Gasteiger partial charge in [-0.25, -0.2) is 9.59 Å². The molecule has 53 heavy (non-hydrogen) atoms. The van der Waals surface area contributed by atoms with Crippen LogP contribution in [0.5, 0.6) is 0 Å². The summed E-state index contributed by atoms with van der Waals surface area (Å²) in [6.45, 7) is 0. The van der Waals surface area contributed by atoms with E-state index in [0.29, 0.717) is 0 Å². The van der Waals surface area contributed by atoms with Crippen molar-refractivity contribution in [3.05, 3.63) is 24.3 Å². The second-order valence-electron chi connectivity index (χ2n) is 16.6. The van der Waals surface area contributed by atoms with Gasteiger partial charge in [-0.3, -0.25) is 0 Å². The molecular weight excluding hydrogens is 653 g/mol. The largest absolute Gasteiger partial charge is 0.478 e. The number of aliphatic carboxylic acids is 2. The van der Waals surface area contributed by atoms with E-state index in [1.165, 1.54) is 263 Å². The molecule has 0 saturated carbocycles. The molecule has 312 valence electrons. The summed E-state index contributed by atoms with van der Waals surface area (Å²) in [5.41, 5.74) is 0. The van der Waals surface area contributed by atoms with Gasteiger partial charge < -0.3 is 10.2 Å². The van der Waals surface area contributed by atoms with E-state index in [2.05, 4.69) is 0 Å². The number of allylic oxidation sites excluding steroid dienone is 2. The van der Waals surface area contributed by atoms with Crippen molar-refractivity contribution in [2.75, 3.05) is 0 Å². The minimum atomic E-state index is -0.831. The van der Waals surface area contributed by atoms with Crippen molar-refractivity contribution in [2.45, 2.75) is 276 Å². The second-order valence-corrected chi connectivity index (χ2v) is 16.6. The minimum absolute atomic E-state index is 0.831. The maximum atomic E-state index is 10.4. The highest BCUT2D eigenvalue weighted by molar-refractivity contribution is 5.79. The van der Waals surface area contributed by atoms with Crippen molar-refractivity contribution in [1.29, 1.82) is 0 Å². The zero-order valence-corrected chi connectivity index (χ0v) is 35.4. The van der Waals surface area contributed by atoms with Crippen molar-refractivity contribution >= 4 is 11.9 Å². The maximum absolute atomic E-state index is 10.4. The molecular formula is C49H92O4. The molecule has 0 aliphatic heterocycles. The predicted molar refractivity (Wildman–Crippen MR) is 232 cm³/mol. The lowest BCUT2D eigenvalue weighted by atomic mass is 10.0. The molecule has 0 aliphatic rings. The van der Waals surface area contributed by atoms with Crippen LogP contribution >= 0.6 is 0 Å². The van der Waals surface area contributed by atoms with Crippen LogP contribution in [0.25, 0.3) is 0 Å². The van der Waals surface area contributed by atoms with Gasteiger partial charge in [0.25, 0.3) is 0 Å². The summed E-state index contributed by atoms with van der Waals surface area (Å²) in [5, 5.41) is 17.1.